The minimum atomic E-state index is -4.35. The highest BCUT2D eigenvalue weighted by Crippen LogP contribution is 2.30. The zero-order chi connectivity index (χ0) is 12.5. The molecule has 0 fully saturated rings. The van der Waals surface area contributed by atoms with E-state index in [9.17, 15) is 18.0 Å². The van der Waals surface area contributed by atoms with Crippen LogP contribution in [0.2, 0.25) is 0 Å². The molecule has 0 aliphatic rings. The SMILES string of the molecule is Cl.O=c1ccc(-c2ccc(C(F)(F)F)cc2)n[nH]1. The van der Waals surface area contributed by atoms with Crippen LogP contribution in [0.25, 0.3) is 11.3 Å². The summed E-state index contributed by atoms with van der Waals surface area (Å²) in [6.07, 6.45) is -4.35. The number of aromatic amines is 1. The summed E-state index contributed by atoms with van der Waals surface area (Å²) in [5, 5.41) is 5.94. The lowest BCUT2D eigenvalue weighted by atomic mass is 10.1. The molecular formula is C11H8ClF3N2O. The van der Waals surface area contributed by atoms with Crippen molar-refractivity contribution >= 4 is 12.4 Å². The van der Waals surface area contributed by atoms with E-state index in [0.29, 0.717) is 11.3 Å². The normalized spacial score (nSPS) is 10.8. The van der Waals surface area contributed by atoms with Crippen LogP contribution in [0.4, 0.5) is 13.2 Å². The quantitative estimate of drug-likeness (QED) is 0.870. The number of alkyl halides is 3. The van der Waals surface area contributed by atoms with Crippen molar-refractivity contribution in [2.75, 3.05) is 0 Å². The van der Waals surface area contributed by atoms with Gasteiger partial charge in [-0.3, -0.25) is 4.79 Å². The Labute approximate surface area is 106 Å². The molecular weight excluding hydrogens is 269 g/mol. The topological polar surface area (TPSA) is 45.8 Å². The van der Waals surface area contributed by atoms with Gasteiger partial charge in [-0.05, 0) is 18.2 Å². The fourth-order valence-electron chi connectivity index (χ4n) is 1.34. The van der Waals surface area contributed by atoms with E-state index in [2.05, 4.69) is 10.2 Å². The molecule has 0 saturated heterocycles. The number of nitrogens with zero attached hydrogens (tertiary/aromatic N) is 1. The van der Waals surface area contributed by atoms with E-state index in [4.69, 9.17) is 0 Å². The number of halogens is 4. The van der Waals surface area contributed by atoms with Gasteiger partial charge in [0, 0.05) is 11.6 Å². The van der Waals surface area contributed by atoms with Crippen molar-refractivity contribution in [1.29, 1.82) is 0 Å². The molecule has 2 rings (SSSR count). The lowest BCUT2D eigenvalue weighted by Crippen LogP contribution is -2.06. The van der Waals surface area contributed by atoms with Crippen molar-refractivity contribution in [2.45, 2.75) is 6.18 Å². The maximum atomic E-state index is 12.3. The molecule has 7 heteroatoms. The predicted molar refractivity (Wildman–Crippen MR) is 62.5 cm³/mol. The lowest BCUT2D eigenvalue weighted by Gasteiger charge is -2.06. The van der Waals surface area contributed by atoms with Gasteiger partial charge < -0.3 is 0 Å². The molecule has 1 aromatic carbocycles. The van der Waals surface area contributed by atoms with Crippen LogP contribution in [0, 0.1) is 0 Å². The summed E-state index contributed by atoms with van der Waals surface area (Å²) < 4.78 is 36.9. The Morgan fingerprint density at radius 2 is 1.61 bits per heavy atom. The molecule has 0 atom stereocenters. The van der Waals surface area contributed by atoms with Gasteiger partial charge in [-0.1, -0.05) is 12.1 Å². The van der Waals surface area contributed by atoms with Crippen LogP contribution >= 0.6 is 12.4 Å². The highest BCUT2D eigenvalue weighted by atomic mass is 35.5. The van der Waals surface area contributed by atoms with Gasteiger partial charge in [0.1, 0.15) is 0 Å². The van der Waals surface area contributed by atoms with Gasteiger partial charge in [-0.2, -0.15) is 18.3 Å². The van der Waals surface area contributed by atoms with Crippen LogP contribution in [0.1, 0.15) is 5.56 Å². The van der Waals surface area contributed by atoms with Crippen molar-refractivity contribution in [3.05, 3.63) is 52.3 Å². The number of hydrogen-bond donors (Lipinski definition) is 1. The Bertz CT molecular complexity index is 558. The summed E-state index contributed by atoms with van der Waals surface area (Å²) >= 11 is 0. The Morgan fingerprint density at radius 3 is 2.06 bits per heavy atom. The van der Waals surface area contributed by atoms with E-state index < -0.39 is 11.7 Å². The minimum absolute atomic E-state index is 0. The lowest BCUT2D eigenvalue weighted by molar-refractivity contribution is -0.137. The van der Waals surface area contributed by atoms with Crippen LogP contribution in [-0.4, -0.2) is 10.2 Å². The molecule has 0 spiro atoms. The standard InChI is InChI=1S/C11H7F3N2O.ClH/c12-11(13,14)8-3-1-7(2-4-8)9-5-6-10(17)16-15-9;/h1-6H,(H,16,17);1H. The maximum Gasteiger partial charge on any atom is 0.416 e. The van der Waals surface area contributed by atoms with Crippen LogP contribution in [0.15, 0.2) is 41.2 Å². The number of rotatable bonds is 1. The summed E-state index contributed by atoms with van der Waals surface area (Å²) in [5.41, 5.74) is -0.154. The first-order valence-corrected chi connectivity index (χ1v) is 4.70. The molecule has 96 valence electrons. The van der Waals surface area contributed by atoms with Gasteiger partial charge >= 0.3 is 6.18 Å². The Morgan fingerprint density at radius 1 is 1.00 bits per heavy atom. The first-order valence-electron chi connectivity index (χ1n) is 4.70. The van der Waals surface area contributed by atoms with Gasteiger partial charge in [0.05, 0.1) is 11.3 Å². The second kappa shape index (κ2) is 5.22. The van der Waals surface area contributed by atoms with E-state index in [1.165, 1.54) is 24.3 Å². The Hall–Kier alpha value is -1.82. The molecule has 0 radical (unpaired) electrons. The zero-order valence-electron chi connectivity index (χ0n) is 8.86. The van der Waals surface area contributed by atoms with Gasteiger partial charge in [0.25, 0.3) is 5.56 Å². The van der Waals surface area contributed by atoms with Crippen LogP contribution in [0.5, 0.6) is 0 Å². The molecule has 2 aromatic rings. The molecule has 0 aliphatic heterocycles. The fourth-order valence-corrected chi connectivity index (χ4v) is 1.34. The molecule has 1 heterocycles. The van der Waals surface area contributed by atoms with Crippen molar-refractivity contribution in [2.24, 2.45) is 0 Å². The summed E-state index contributed by atoms with van der Waals surface area (Å²) in [6.45, 7) is 0. The third-order valence-electron chi connectivity index (χ3n) is 2.19. The molecule has 1 N–H and O–H groups in total. The van der Waals surface area contributed by atoms with E-state index in [-0.39, 0.29) is 18.0 Å². The van der Waals surface area contributed by atoms with Crippen molar-refractivity contribution in [3.63, 3.8) is 0 Å². The fraction of sp³-hybridized carbons (Fsp3) is 0.0909. The highest BCUT2D eigenvalue weighted by Gasteiger charge is 2.29. The van der Waals surface area contributed by atoms with E-state index >= 15 is 0 Å². The van der Waals surface area contributed by atoms with Crippen molar-refractivity contribution in [3.8, 4) is 11.3 Å². The van der Waals surface area contributed by atoms with Gasteiger partial charge in [0.2, 0.25) is 0 Å². The number of benzene rings is 1. The molecule has 0 aliphatic carbocycles. The molecule has 18 heavy (non-hydrogen) atoms. The smallest absolute Gasteiger partial charge is 0.268 e. The molecule has 1 aromatic heterocycles. The van der Waals surface area contributed by atoms with Gasteiger partial charge in [-0.25, -0.2) is 5.10 Å². The maximum absolute atomic E-state index is 12.3. The summed E-state index contributed by atoms with van der Waals surface area (Å²) in [7, 11) is 0. The largest absolute Gasteiger partial charge is 0.416 e. The number of aromatic nitrogens is 2. The third kappa shape index (κ3) is 3.10. The predicted octanol–water partition coefficient (Wildman–Crippen LogP) is 2.88. The van der Waals surface area contributed by atoms with E-state index in [0.717, 1.165) is 12.1 Å². The van der Waals surface area contributed by atoms with Crippen LogP contribution < -0.4 is 5.56 Å². The highest BCUT2D eigenvalue weighted by molar-refractivity contribution is 5.85. The molecule has 0 amide bonds. The zero-order valence-corrected chi connectivity index (χ0v) is 9.68. The average Bonchev–Trinajstić information content (AvgIpc) is 2.29. The number of hydrogen-bond acceptors (Lipinski definition) is 2. The molecule has 0 saturated carbocycles. The molecule has 0 bridgehead atoms. The van der Waals surface area contributed by atoms with E-state index in [1.807, 2.05) is 0 Å². The van der Waals surface area contributed by atoms with Gasteiger partial charge in [0.15, 0.2) is 0 Å². The average molecular weight is 277 g/mol. The van der Waals surface area contributed by atoms with Crippen LogP contribution in [-0.2, 0) is 6.18 Å². The number of nitrogens with one attached hydrogen (secondary N) is 1. The summed E-state index contributed by atoms with van der Waals surface area (Å²) in [4.78, 5) is 10.8. The Kier molecular flexibility index (Phi) is 4.13. The Balaban J connectivity index is 0.00000162. The first kappa shape index (κ1) is 14.2. The van der Waals surface area contributed by atoms with E-state index in [1.54, 1.807) is 0 Å². The van der Waals surface area contributed by atoms with Crippen molar-refractivity contribution < 1.29 is 13.2 Å². The summed E-state index contributed by atoms with van der Waals surface area (Å²) in [5.74, 6) is 0. The first-order chi connectivity index (χ1) is 7.97. The molecule has 0 unspecified atom stereocenters. The third-order valence-corrected chi connectivity index (χ3v) is 2.19. The monoisotopic (exact) mass is 276 g/mol. The van der Waals surface area contributed by atoms with Crippen molar-refractivity contribution in [1.82, 2.24) is 10.2 Å². The second-order valence-corrected chi connectivity index (χ2v) is 3.38. The van der Waals surface area contributed by atoms with Gasteiger partial charge in [-0.15, -0.1) is 12.4 Å². The summed E-state index contributed by atoms with van der Waals surface area (Å²) in [6, 6.07) is 7.28. The minimum Gasteiger partial charge on any atom is -0.268 e. The second-order valence-electron chi connectivity index (χ2n) is 3.38. The molecule has 3 nitrogen and oxygen atoms in total. The van der Waals surface area contributed by atoms with Crippen LogP contribution in [0.3, 0.4) is 0 Å². The number of H-pyrrole nitrogens is 1.